The minimum Gasteiger partial charge on any atom is -0.496 e. The van der Waals surface area contributed by atoms with E-state index in [0.717, 1.165) is 44.6 Å². The standard InChI is InChI=1S/C16H24N2O2/c1-20-15-7-3-2-6-14(15)12-18-9-4-5-13(8-10-18)11-16(17)19/h2-3,6-7,13H,4-5,8-12H2,1H3,(H2,17,19). The number of likely N-dealkylation sites (tertiary alicyclic amines) is 1. The van der Waals surface area contributed by atoms with Gasteiger partial charge in [-0.1, -0.05) is 18.2 Å². The average molecular weight is 276 g/mol. The van der Waals surface area contributed by atoms with Crippen molar-refractivity contribution in [3.05, 3.63) is 29.8 Å². The average Bonchev–Trinajstić information content (AvgIpc) is 2.64. The van der Waals surface area contributed by atoms with Gasteiger partial charge in [0.1, 0.15) is 5.75 Å². The Hall–Kier alpha value is -1.55. The predicted octanol–water partition coefficient (Wildman–Crippen LogP) is 2.17. The summed E-state index contributed by atoms with van der Waals surface area (Å²) in [5.41, 5.74) is 6.53. The lowest BCUT2D eigenvalue weighted by Crippen LogP contribution is -2.25. The van der Waals surface area contributed by atoms with Crippen LogP contribution in [0.5, 0.6) is 5.75 Å². The fraction of sp³-hybridized carbons (Fsp3) is 0.562. The minimum absolute atomic E-state index is 0.173. The largest absolute Gasteiger partial charge is 0.496 e. The van der Waals surface area contributed by atoms with E-state index in [1.807, 2.05) is 18.2 Å². The Kier molecular flexibility index (Phi) is 5.41. The number of primary amides is 1. The van der Waals surface area contributed by atoms with Crippen molar-refractivity contribution < 1.29 is 9.53 Å². The van der Waals surface area contributed by atoms with Crippen LogP contribution in [0.15, 0.2) is 24.3 Å². The number of benzene rings is 1. The van der Waals surface area contributed by atoms with Gasteiger partial charge < -0.3 is 10.5 Å². The van der Waals surface area contributed by atoms with Crippen LogP contribution in [-0.2, 0) is 11.3 Å². The van der Waals surface area contributed by atoms with Crippen molar-refractivity contribution in [3.8, 4) is 5.75 Å². The first-order valence-electron chi connectivity index (χ1n) is 7.31. The van der Waals surface area contributed by atoms with Gasteiger partial charge in [0.25, 0.3) is 0 Å². The summed E-state index contributed by atoms with van der Waals surface area (Å²) in [6.45, 7) is 3.01. The summed E-state index contributed by atoms with van der Waals surface area (Å²) in [6, 6.07) is 8.16. The van der Waals surface area contributed by atoms with E-state index in [9.17, 15) is 4.79 Å². The lowest BCUT2D eigenvalue weighted by molar-refractivity contribution is -0.119. The fourth-order valence-corrected chi connectivity index (χ4v) is 2.95. The van der Waals surface area contributed by atoms with Crippen molar-refractivity contribution in [3.63, 3.8) is 0 Å². The first-order valence-corrected chi connectivity index (χ1v) is 7.31. The highest BCUT2D eigenvalue weighted by Gasteiger charge is 2.19. The number of methoxy groups -OCH3 is 1. The van der Waals surface area contributed by atoms with Crippen molar-refractivity contribution >= 4 is 5.91 Å². The molecule has 2 N–H and O–H groups in total. The zero-order valence-electron chi connectivity index (χ0n) is 12.2. The molecule has 1 aliphatic rings. The molecule has 20 heavy (non-hydrogen) atoms. The van der Waals surface area contributed by atoms with E-state index < -0.39 is 0 Å². The number of ether oxygens (including phenoxy) is 1. The monoisotopic (exact) mass is 276 g/mol. The Morgan fingerprint density at radius 1 is 1.35 bits per heavy atom. The number of nitrogens with two attached hydrogens (primary N) is 1. The van der Waals surface area contributed by atoms with E-state index in [0.29, 0.717) is 12.3 Å². The fourth-order valence-electron chi connectivity index (χ4n) is 2.95. The molecule has 2 rings (SSSR count). The maximum absolute atomic E-state index is 11.0. The third-order valence-electron chi connectivity index (χ3n) is 4.02. The molecule has 1 aromatic rings. The summed E-state index contributed by atoms with van der Waals surface area (Å²) in [7, 11) is 1.71. The second-order valence-electron chi connectivity index (χ2n) is 5.56. The first kappa shape index (κ1) is 14.9. The summed E-state index contributed by atoms with van der Waals surface area (Å²) in [5, 5.41) is 0. The van der Waals surface area contributed by atoms with Gasteiger partial charge in [-0.2, -0.15) is 0 Å². The molecule has 0 aromatic heterocycles. The summed E-state index contributed by atoms with van der Waals surface area (Å²) < 4.78 is 5.40. The summed E-state index contributed by atoms with van der Waals surface area (Å²) in [4.78, 5) is 13.5. The molecule has 0 saturated carbocycles. The van der Waals surface area contributed by atoms with Gasteiger partial charge in [-0.05, 0) is 44.3 Å². The van der Waals surface area contributed by atoms with Gasteiger partial charge in [0.2, 0.25) is 5.91 Å². The molecular formula is C16H24N2O2. The Balaban J connectivity index is 1.92. The van der Waals surface area contributed by atoms with E-state index >= 15 is 0 Å². The van der Waals surface area contributed by atoms with Gasteiger partial charge in [-0.15, -0.1) is 0 Å². The number of nitrogens with zero attached hydrogens (tertiary/aromatic N) is 1. The van der Waals surface area contributed by atoms with Crippen LogP contribution in [0.1, 0.15) is 31.2 Å². The molecule has 4 nitrogen and oxygen atoms in total. The summed E-state index contributed by atoms with van der Waals surface area (Å²) in [5.74, 6) is 1.23. The van der Waals surface area contributed by atoms with Crippen molar-refractivity contribution in [2.75, 3.05) is 20.2 Å². The molecule has 1 aromatic carbocycles. The second-order valence-corrected chi connectivity index (χ2v) is 5.56. The topological polar surface area (TPSA) is 55.6 Å². The highest BCUT2D eigenvalue weighted by atomic mass is 16.5. The van der Waals surface area contributed by atoms with E-state index in [1.54, 1.807) is 7.11 Å². The smallest absolute Gasteiger partial charge is 0.217 e. The molecule has 1 heterocycles. The van der Waals surface area contributed by atoms with Gasteiger partial charge in [0.05, 0.1) is 7.11 Å². The van der Waals surface area contributed by atoms with Crippen LogP contribution >= 0.6 is 0 Å². The Morgan fingerprint density at radius 3 is 2.90 bits per heavy atom. The van der Waals surface area contributed by atoms with Gasteiger partial charge in [-0.25, -0.2) is 0 Å². The molecule has 110 valence electrons. The molecule has 0 aliphatic carbocycles. The van der Waals surface area contributed by atoms with Crippen LogP contribution in [0.4, 0.5) is 0 Å². The van der Waals surface area contributed by atoms with Crippen molar-refractivity contribution in [2.24, 2.45) is 11.7 Å². The molecule has 1 amide bonds. The van der Waals surface area contributed by atoms with Gasteiger partial charge in [0, 0.05) is 18.5 Å². The number of carbonyl (C=O) groups excluding carboxylic acids is 1. The number of para-hydroxylation sites is 1. The zero-order valence-corrected chi connectivity index (χ0v) is 12.2. The van der Waals surface area contributed by atoms with Crippen LogP contribution in [0.2, 0.25) is 0 Å². The van der Waals surface area contributed by atoms with Crippen molar-refractivity contribution in [1.82, 2.24) is 4.90 Å². The number of amides is 1. The summed E-state index contributed by atoms with van der Waals surface area (Å²) in [6.07, 6.45) is 3.82. The third-order valence-corrected chi connectivity index (χ3v) is 4.02. The molecule has 1 unspecified atom stereocenters. The second kappa shape index (κ2) is 7.29. The van der Waals surface area contributed by atoms with Crippen LogP contribution in [-0.4, -0.2) is 31.0 Å². The molecule has 4 heteroatoms. The van der Waals surface area contributed by atoms with Gasteiger partial charge >= 0.3 is 0 Å². The first-order chi connectivity index (χ1) is 9.69. The van der Waals surface area contributed by atoms with Crippen molar-refractivity contribution in [1.29, 1.82) is 0 Å². The van der Waals surface area contributed by atoms with E-state index in [-0.39, 0.29) is 5.91 Å². The van der Waals surface area contributed by atoms with Gasteiger partial charge in [-0.3, -0.25) is 9.69 Å². The normalized spacial score (nSPS) is 20.4. The van der Waals surface area contributed by atoms with Crippen molar-refractivity contribution in [2.45, 2.75) is 32.2 Å². The lowest BCUT2D eigenvalue weighted by Gasteiger charge is -2.21. The minimum atomic E-state index is -0.173. The van der Waals surface area contributed by atoms with Crippen LogP contribution in [0, 0.1) is 5.92 Å². The highest BCUT2D eigenvalue weighted by Crippen LogP contribution is 2.24. The predicted molar refractivity (Wildman–Crippen MR) is 79.4 cm³/mol. The molecule has 1 saturated heterocycles. The number of rotatable bonds is 5. The molecule has 0 bridgehead atoms. The lowest BCUT2D eigenvalue weighted by atomic mass is 9.97. The Bertz CT molecular complexity index is 448. The summed E-state index contributed by atoms with van der Waals surface area (Å²) >= 11 is 0. The number of hydrogen-bond donors (Lipinski definition) is 1. The van der Waals surface area contributed by atoms with Gasteiger partial charge in [0.15, 0.2) is 0 Å². The highest BCUT2D eigenvalue weighted by molar-refractivity contribution is 5.73. The molecular weight excluding hydrogens is 252 g/mol. The van der Waals surface area contributed by atoms with E-state index in [2.05, 4.69) is 11.0 Å². The maximum atomic E-state index is 11.0. The maximum Gasteiger partial charge on any atom is 0.217 e. The Morgan fingerprint density at radius 2 is 2.15 bits per heavy atom. The van der Waals surface area contributed by atoms with Crippen LogP contribution in [0.25, 0.3) is 0 Å². The molecule has 1 atom stereocenters. The van der Waals surface area contributed by atoms with Crippen LogP contribution in [0.3, 0.4) is 0 Å². The number of hydrogen-bond acceptors (Lipinski definition) is 3. The molecule has 0 spiro atoms. The zero-order chi connectivity index (χ0) is 14.4. The molecule has 1 aliphatic heterocycles. The molecule has 0 radical (unpaired) electrons. The number of carbonyl (C=O) groups is 1. The quantitative estimate of drug-likeness (QED) is 0.896. The van der Waals surface area contributed by atoms with Crippen LogP contribution < -0.4 is 10.5 Å². The third kappa shape index (κ3) is 4.23. The van der Waals surface area contributed by atoms with E-state index in [1.165, 1.54) is 5.56 Å². The SMILES string of the molecule is COc1ccccc1CN1CCCC(CC(N)=O)CC1. The Labute approximate surface area is 120 Å². The van der Waals surface area contributed by atoms with E-state index in [4.69, 9.17) is 10.5 Å². The molecule has 1 fully saturated rings.